The van der Waals surface area contributed by atoms with Crippen LogP contribution in [0.4, 0.5) is 0 Å². The van der Waals surface area contributed by atoms with Gasteiger partial charge in [-0.15, -0.1) is 5.10 Å². The van der Waals surface area contributed by atoms with Gasteiger partial charge in [0.05, 0.1) is 12.0 Å². The average molecular weight is 394 g/mol. The number of rotatable bonds is 5. The van der Waals surface area contributed by atoms with Crippen LogP contribution in [0.2, 0.25) is 10.0 Å². The Labute approximate surface area is 159 Å². The van der Waals surface area contributed by atoms with Gasteiger partial charge < -0.3 is 10.1 Å². The number of amidine groups is 1. The number of nitrogens with zero attached hydrogens (tertiary/aromatic N) is 2. The summed E-state index contributed by atoms with van der Waals surface area (Å²) in [5, 5.41) is 12.2. The summed E-state index contributed by atoms with van der Waals surface area (Å²) in [7, 11) is 0. The number of carbonyl (C=O) groups excluding carboxylic acids is 1. The van der Waals surface area contributed by atoms with Gasteiger partial charge in [-0.05, 0) is 42.0 Å². The van der Waals surface area contributed by atoms with Crippen molar-refractivity contribution in [1.29, 1.82) is 0 Å². The highest BCUT2D eigenvalue weighted by Crippen LogP contribution is 2.25. The zero-order valence-corrected chi connectivity index (χ0v) is 15.2. The summed E-state index contributed by atoms with van der Waals surface area (Å²) in [5.41, 5.74) is 1.62. The SMILES string of the molecule is O=C1CS/C(=N/N=Cc2ccc(OCc3c(Cl)cccc3Cl)cc2)N1. The molecule has 1 saturated heterocycles. The van der Waals surface area contributed by atoms with Crippen molar-refractivity contribution in [2.75, 3.05) is 5.75 Å². The maximum absolute atomic E-state index is 11.0. The molecule has 25 heavy (non-hydrogen) atoms. The molecule has 1 fully saturated rings. The van der Waals surface area contributed by atoms with Gasteiger partial charge >= 0.3 is 0 Å². The molecule has 0 unspecified atom stereocenters. The number of ether oxygens (including phenoxy) is 1. The number of benzene rings is 2. The molecule has 0 radical (unpaired) electrons. The van der Waals surface area contributed by atoms with E-state index in [1.807, 2.05) is 24.3 Å². The van der Waals surface area contributed by atoms with Gasteiger partial charge in [-0.25, -0.2) is 0 Å². The smallest absolute Gasteiger partial charge is 0.236 e. The summed E-state index contributed by atoms with van der Waals surface area (Å²) < 4.78 is 5.71. The lowest BCUT2D eigenvalue weighted by atomic mass is 10.2. The number of hydrogen-bond donors (Lipinski definition) is 1. The maximum atomic E-state index is 11.0. The molecular formula is C17H13Cl2N3O2S. The van der Waals surface area contributed by atoms with Crippen molar-refractivity contribution < 1.29 is 9.53 Å². The molecule has 5 nitrogen and oxygen atoms in total. The van der Waals surface area contributed by atoms with Gasteiger partial charge in [0.25, 0.3) is 0 Å². The Morgan fingerprint density at radius 2 is 1.88 bits per heavy atom. The Kier molecular flexibility index (Phi) is 5.96. The van der Waals surface area contributed by atoms with Crippen LogP contribution in [-0.2, 0) is 11.4 Å². The topological polar surface area (TPSA) is 63.0 Å². The van der Waals surface area contributed by atoms with Crippen molar-refractivity contribution >= 4 is 52.3 Å². The second kappa shape index (κ2) is 8.38. The first-order valence-corrected chi connectivity index (χ1v) is 9.05. The first kappa shape index (κ1) is 17.8. The first-order chi connectivity index (χ1) is 12.1. The lowest BCUT2D eigenvalue weighted by molar-refractivity contribution is -0.116. The normalized spacial score (nSPS) is 15.8. The molecule has 2 aromatic carbocycles. The molecule has 0 aliphatic carbocycles. The van der Waals surface area contributed by atoms with Crippen LogP contribution in [0.3, 0.4) is 0 Å². The summed E-state index contributed by atoms with van der Waals surface area (Å²) in [6.07, 6.45) is 1.60. The highest BCUT2D eigenvalue weighted by molar-refractivity contribution is 8.15. The molecule has 1 heterocycles. The number of halogens is 2. The van der Waals surface area contributed by atoms with E-state index in [1.165, 1.54) is 11.8 Å². The minimum atomic E-state index is -0.0564. The molecule has 0 aromatic heterocycles. The van der Waals surface area contributed by atoms with Crippen molar-refractivity contribution in [1.82, 2.24) is 5.32 Å². The van der Waals surface area contributed by atoms with Gasteiger partial charge in [0.2, 0.25) is 5.91 Å². The van der Waals surface area contributed by atoms with Crippen molar-refractivity contribution in [3.8, 4) is 5.75 Å². The van der Waals surface area contributed by atoms with Crippen molar-refractivity contribution in [2.24, 2.45) is 10.2 Å². The van der Waals surface area contributed by atoms with Crippen molar-refractivity contribution in [2.45, 2.75) is 6.61 Å². The predicted molar refractivity (Wildman–Crippen MR) is 103 cm³/mol. The zero-order valence-electron chi connectivity index (χ0n) is 12.9. The molecule has 0 spiro atoms. The number of nitrogens with one attached hydrogen (secondary N) is 1. The second-order valence-electron chi connectivity index (χ2n) is 5.04. The van der Waals surface area contributed by atoms with E-state index in [2.05, 4.69) is 15.5 Å². The van der Waals surface area contributed by atoms with Gasteiger partial charge in [0, 0.05) is 15.6 Å². The molecule has 2 aromatic rings. The Morgan fingerprint density at radius 3 is 2.52 bits per heavy atom. The van der Waals surface area contributed by atoms with Crippen molar-refractivity contribution in [3.63, 3.8) is 0 Å². The average Bonchev–Trinajstić information content (AvgIpc) is 3.01. The van der Waals surface area contributed by atoms with Crippen LogP contribution < -0.4 is 10.1 Å². The molecule has 0 bridgehead atoms. The molecule has 1 aliphatic rings. The van der Waals surface area contributed by atoms with Crippen LogP contribution in [-0.4, -0.2) is 23.0 Å². The van der Waals surface area contributed by atoms with E-state index in [0.717, 1.165) is 11.1 Å². The number of thioether (sulfide) groups is 1. The van der Waals surface area contributed by atoms with Crippen LogP contribution >= 0.6 is 35.0 Å². The fourth-order valence-electron chi connectivity index (χ4n) is 2.00. The van der Waals surface area contributed by atoms with Crippen LogP contribution in [0.15, 0.2) is 52.7 Å². The van der Waals surface area contributed by atoms with E-state index in [9.17, 15) is 4.79 Å². The fourth-order valence-corrected chi connectivity index (χ4v) is 3.14. The predicted octanol–water partition coefficient (Wildman–Crippen LogP) is 4.13. The number of carbonyl (C=O) groups is 1. The van der Waals surface area contributed by atoms with Gasteiger partial charge in [-0.1, -0.05) is 41.0 Å². The quantitative estimate of drug-likeness (QED) is 0.613. The third-order valence-electron chi connectivity index (χ3n) is 3.27. The highest BCUT2D eigenvalue weighted by Gasteiger charge is 2.15. The van der Waals surface area contributed by atoms with Crippen LogP contribution in [0, 0.1) is 0 Å². The summed E-state index contributed by atoms with van der Waals surface area (Å²) in [4.78, 5) is 11.0. The lowest BCUT2D eigenvalue weighted by Gasteiger charge is -2.09. The molecule has 1 aliphatic heterocycles. The van der Waals surface area contributed by atoms with E-state index in [1.54, 1.807) is 24.4 Å². The minimum Gasteiger partial charge on any atom is -0.489 e. The van der Waals surface area contributed by atoms with Gasteiger partial charge in [0.1, 0.15) is 12.4 Å². The Morgan fingerprint density at radius 1 is 1.16 bits per heavy atom. The summed E-state index contributed by atoms with van der Waals surface area (Å²) in [6.45, 7) is 0.288. The highest BCUT2D eigenvalue weighted by atomic mass is 35.5. The lowest BCUT2D eigenvalue weighted by Crippen LogP contribution is -2.19. The summed E-state index contributed by atoms with van der Waals surface area (Å²) in [5.74, 6) is 1.02. The second-order valence-corrected chi connectivity index (χ2v) is 6.82. The molecule has 1 amide bonds. The van der Waals surface area contributed by atoms with E-state index >= 15 is 0 Å². The van der Waals surface area contributed by atoms with Gasteiger partial charge in [-0.3, -0.25) is 4.79 Å². The molecule has 128 valence electrons. The van der Waals surface area contributed by atoms with E-state index in [0.29, 0.717) is 26.7 Å². The van der Waals surface area contributed by atoms with Gasteiger partial charge in [-0.2, -0.15) is 5.10 Å². The van der Waals surface area contributed by atoms with E-state index in [-0.39, 0.29) is 12.5 Å². The standard InChI is InChI=1S/C17H13Cl2N3O2S/c18-14-2-1-3-15(19)13(14)9-24-12-6-4-11(5-7-12)8-20-22-17-21-16(23)10-25-17/h1-8H,9-10H2,(H,21,22,23). The van der Waals surface area contributed by atoms with Crippen molar-refractivity contribution in [3.05, 3.63) is 63.6 Å². The van der Waals surface area contributed by atoms with Crippen LogP contribution in [0.5, 0.6) is 5.75 Å². The largest absolute Gasteiger partial charge is 0.489 e. The van der Waals surface area contributed by atoms with Crippen LogP contribution in [0.25, 0.3) is 0 Å². The molecular weight excluding hydrogens is 381 g/mol. The molecule has 0 atom stereocenters. The molecule has 8 heteroatoms. The van der Waals surface area contributed by atoms with Crippen LogP contribution in [0.1, 0.15) is 11.1 Å². The molecule has 3 rings (SSSR count). The third kappa shape index (κ3) is 4.98. The molecule has 1 N–H and O–H groups in total. The fraction of sp³-hybridized carbons (Fsp3) is 0.118. The third-order valence-corrected chi connectivity index (χ3v) is 4.84. The van der Waals surface area contributed by atoms with E-state index in [4.69, 9.17) is 27.9 Å². The summed E-state index contributed by atoms with van der Waals surface area (Å²) >= 11 is 13.6. The van der Waals surface area contributed by atoms with Gasteiger partial charge in [0.15, 0.2) is 5.17 Å². The van der Waals surface area contributed by atoms with E-state index < -0.39 is 0 Å². The minimum absolute atomic E-state index is 0.0564. The zero-order chi connectivity index (χ0) is 17.6. The Hall–Kier alpha value is -2.02. The molecule has 0 saturated carbocycles. The number of amides is 1. The Balaban J connectivity index is 1.58. The Bertz CT molecular complexity index is 818. The first-order valence-electron chi connectivity index (χ1n) is 7.31. The summed E-state index contributed by atoms with van der Waals surface area (Å²) in [6, 6.07) is 12.7. The maximum Gasteiger partial charge on any atom is 0.236 e. The monoisotopic (exact) mass is 393 g/mol. The number of hydrogen-bond acceptors (Lipinski definition) is 5.